The fraction of sp³-hybridized carbons (Fsp3) is 0.150. The van der Waals surface area contributed by atoms with Crippen LogP contribution in [0.3, 0.4) is 0 Å². The minimum atomic E-state index is -1.82. The van der Waals surface area contributed by atoms with Gasteiger partial charge in [-0.05, 0) is 23.8 Å². The zero-order chi connectivity index (χ0) is 21.0. The van der Waals surface area contributed by atoms with Gasteiger partial charge in [0, 0.05) is 17.8 Å². The van der Waals surface area contributed by atoms with Gasteiger partial charge in [0.05, 0.1) is 25.0 Å². The molecule has 0 spiro atoms. The Bertz CT molecular complexity index is 1090. The Morgan fingerprint density at radius 3 is 2.48 bits per heavy atom. The number of anilines is 1. The second-order valence-electron chi connectivity index (χ2n) is 5.99. The first-order valence-corrected chi connectivity index (χ1v) is 9.67. The van der Waals surface area contributed by atoms with E-state index in [-0.39, 0.29) is 17.9 Å². The molecule has 0 aliphatic rings. The lowest BCUT2D eigenvalue weighted by Gasteiger charge is -2.16. The Balaban J connectivity index is 2.14. The van der Waals surface area contributed by atoms with E-state index in [1.54, 1.807) is 42.5 Å². The lowest BCUT2D eigenvalue weighted by atomic mass is 10.0. The zero-order valence-electron chi connectivity index (χ0n) is 15.8. The number of rotatable bonds is 7. The van der Waals surface area contributed by atoms with Crippen LogP contribution in [0.4, 0.5) is 5.69 Å². The van der Waals surface area contributed by atoms with Crippen molar-refractivity contribution in [2.24, 2.45) is 0 Å². The Morgan fingerprint density at radius 1 is 1.10 bits per heavy atom. The summed E-state index contributed by atoms with van der Waals surface area (Å²) in [6.45, 7) is -0.211. The fourth-order valence-electron chi connectivity index (χ4n) is 2.81. The molecule has 8 nitrogen and oxygen atoms in total. The van der Waals surface area contributed by atoms with Gasteiger partial charge in [-0.15, -0.1) is 0 Å². The van der Waals surface area contributed by atoms with Gasteiger partial charge < -0.3 is 20.3 Å². The highest BCUT2D eigenvalue weighted by molar-refractivity contribution is 7.81. The first-order valence-electron chi connectivity index (χ1n) is 8.59. The molecular formula is C20H20N2O6S. The number of hydrogen-bond acceptors (Lipinski definition) is 6. The number of carbonyl (C=O) groups excluding carboxylic acids is 1. The number of hydrogen-bond donors (Lipinski definition) is 4. The molecule has 152 valence electrons. The van der Waals surface area contributed by atoms with Crippen LogP contribution in [-0.4, -0.2) is 34.5 Å². The predicted octanol–water partition coefficient (Wildman–Crippen LogP) is 2.83. The Labute approximate surface area is 169 Å². The highest BCUT2D eigenvalue weighted by Crippen LogP contribution is 2.40. The van der Waals surface area contributed by atoms with Crippen LogP contribution in [-0.2, 0) is 22.1 Å². The summed E-state index contributed by atoms with van der Waals surface area (Å²) < 4.78 is 25.2. The second kappa shape index (κ2) is 8.91. The Kier molecular flexibility index (Phi) is 6.32. The van der Waals surface area contributed by atoms with Crippen LogP contribution in [0.15, 0.2) is 48.5 Å². The van der Waals surface area contributed by atoms with E-state index < -0.39 is 17.2 Å². The molecule has 0 aromatic heterocycles. The van der Waals surface area contributed by atoms with Crippen LogP contribution in [0, 0.1) is 0 Å². The largest absolute Gasteiger partial charge is 0.506 e. The summed E-state index contributed by atoms with van der Waals surface area (Å²) in [5.41, 5.74) is 0.966. The van der Waals surface area contributed by atoms with Crippen LogP contribution >= 0.6 is 0 Å². The monoisotopic (exact) mass is 416 g/mol. The number of amides is 1. The number of benzene rings is 3. The Hall–Kier alpha value is -3.14. The summed E-state index contributed by atoms with van der Waals surface area (Å²) in [5, 5.41) is 23.4. The van der Waals surface area contributed by atoms with Crippen LogP contribution in [0.5, 0.6) is 17.2 Å². The molecule has 0 fully saturated rings. The van der Waals surface area contributed by atoms with Crippen molar-refractivity contribution in [3.05, 3.63) is 59.7 Å². The van der Waals surface area contributed by atoms with E-state index in [0.717, 1.165) is 0 Å². The highest BCUT2D eigenvalue weighted by Gasteiger charge is 2.18. The van der Waals surface area contributed by atoms with Gasteiger partial charge >= 0.3 is 0 Å². The smallest absolute Gasteiger partial charge is 0.261 e. The first-order chi connectivity index (χ1) is 14.0. The molecule has 0 radical (unpaired) electrons. The van der Waals surface area contributed by atoms with Gasteiger partial charge in [-0.3, -0.25) is 13.7 Å². The van der Waals surface area contributed by atoms with Crippen molar-refractivity contribution in [2.75, 3.05) is 18.9 Å². The third-order valence-corrected chi connectivity index (χ3v) is 4.93. The van der Waals surface area contributed by atoms with Crippen LogP contribution in [0.1, 0.15) is 15.9 Å². The molecule has 0 saturated carbocycles. The molecule has 0 saturated heterocycles. The van der Waals surface area contributed by atoms with Crippen LogP contribution < -0.4 is 14.8 Å². The summed E-state index contributed by atoms with van der Waals surface area (Å²) in [7, 11) is 2.75. The fourth-order valence-corrected chi connectivity index (χ4v) is 3.24. The maximum Gasteiger partial charge on any atom is 0.261 e. The van der Waals surface area contributed by atoms with E-state index >= 15 is 0 Å². The van der Waals surface area contributed by atoms with Gasteiger partial charge in [-0.25, -0.2) is 4.21 Å². The molecule has 3 aromatic carbocycles. The van der Waals surface area contributed by atoms with E-state index in [4.69, 9.17) is 8.92 Å². The highest BCUT2D eigenvalue weighted by atomic mass is 32.2. The molecule has 1 unspecified atom stereocenters. The maximum absolute atomic E-state index is 12.2. The minimum Gasteiger partial charge on any atom is -0.506 e. The predicted molar refractivity (Wildman–Crippen MR) is 110 cm³/mol. The van der Waals surface area contributed by atoms with Crippen molar-refractivity contribution >= 4 is 33.6 Å². The topological polar surface area (TPSA) is 117 Å². The number of aliphatic hydroxyl groups excluding tert-OH is 1. The van der Waals surface area contributed by atoms with Gasteiger partial charge in [0.2, 0.25) is 0 Å². The van der Waals surface area contributed by atoms with E-state index in [1.807, 2.05) is 0 Å². The molecule has 0 aliphatic carbocycles. The van der Waals surface area contributed by atoms with Gasteiger partial charge in [0.25, 0.3) is 17.2 Å². The molecule has 3 rings (SSSR count). The van der Waals surface area contributed by atoms with E-state index in [2.05, 4.69) is 10.0 Å². The van der Waals surface area contributed by atoms with Crippen LogP contribution in [0.2, 0.25) is 0 Å². The van der Waals surface area contributed by atoms with Crippen molar-refractivity contribution in [2.45, 2.75) is 6.61 Å². The number of fused-ring (bicyclic) bond motifs is 1. The molecule has 1 atom stereocenters. The number of nitrogens with one attached hydrogen (secondary N) is 2. The van der Waals surface area contributed by atoms with Crippen molar-refractivity contribution in [3.8, 4) is 17.2 Å². The lowest BCUT2D eigenvalue weighted by molar-refractivity contribution is 0.0960. The summed E-state index contributed by atoms with van der Waals surface area (Å²) >= 11 is -1.82. The third kappa shape index (κ3) is 4.32. The maximum atomic E-state index is 12.2. The van der Waals surface area contributed by atoms with Crippen molar-refractivity contribution in [1.29, 1.82) is 0 Å². The molecule has 3 aromatic rings. The zero-order valence-corrected chi connectivity index (χ0v) is 16.6. The molecule has 29 heavy (non-hydrogen) atoms. The average molecular weight is 416 g/mol. The molecule has 0 bridgehead atoms. The summed E-state index contributed by atoms with van der Waals surface area (Å²) in [5.74, 6) is 0.000581. The molecular weight excluding hydrogens is 396 g/mol. The number of phenols is 1. The number of aliphatic hydroxyl groups is 1. The summed E-state index contributed by atoms with van der Waals surface area (Å²) in [4.78, 5) is 12.2. The molecule has 4 N–H and O–H groups in total. The van der Waals surface area contributed by atoms with Gasteiger partial charge in [0.1, 0.15) is 11.5 Å². The van der Waals surface area contributed by atoms with E-state index in [1.165, 1.54) is 20.2 Å². The van der Waals surface area contributed by atoms with Gasteiger partial charge in [-0.2, -0.15) is 0 Å². The first kappa shape index (κ1) is 20.6. The number of ether oxygens (including phenoxy) is 1. The average Bonchev–Trinajstić information content (AvgIpc) is 2.76. The normalized spacial score (nSPS) is 11.8. The SMILES string of the molecule is CNC(=O)c1cc(Oc2ccc(CO)cc2NS(=O)OC)c2ccccc2c1O. The standard InChI is InChI=1S/C20H20N2O6S/c1-21-20(25)15-10-18(13-5-3-4-6-14(13)19(15)24)28-17-8-7-12(11-23)9-16(17)22-29(26)27-2/h3-10,22-24H,11H2,1-2H3,(H,21,25). The summed E-state index contributed by atoms with van der Waals surface area (Å²) in [6, 6.07) is 13.2. The van der Waals surface area contributed by atoms with E-state index in [0.29, 0.717) is 33.5 Å². The Morgan fingerprint density at radius 2 is 1.83 bits per heavy atom. The van der Waals surface area contributed by atoms with E-state index in [9.17, 15) is 19.2 Å². The molecule has 9 heteroatoms. The quantitative estimate of drug-likeness (QED) is 0.471. The number of phenolic OH excluding ortho intramolecular Hbond substituents is 1. The second-order valence-corrected chi connectivity index (χ2v) is 7.00. The van der Waals surface area contributed by atoms with Crippen LogP contribution in [0.25, 0.3) is 10.8 Å². The minimum absolute atomic E-state index is 0.0585. The third-order valence-electron chi connectivity index (χ3n) is 4.24. The number of aromatic hydroxyl groups is 1. The molecule has 0 heterocycles. The van der Waals surface area contributed by atoms with Crippen molar-refractivity contribution in [1.82, 2.24) is 5.32 Å². The van der Waals surface area contributed by atoms with Gasteiger partial charge in [0.15, 0.2) is 5.75 Å². The lowest BCUT2D eigenvalue weighted by Crippen LogP contribution is -2.18. The molecule has 0 aliphatic heterocycles. The number of carbonyl (C=O) groups is 1. The van der Waals surface area contributed by atoms with Crippen molar-refractivity contribution < 1.29 is 28.1 Å². The van der Waals surface area contributed by atoms with Gasteiger partial charge in [-0.1, -0.05) is 30.3 Å². The summed E-state index contributed by atoms with van der Waals surface area (Å²) in [6.07, 6.45) is 0. The van der Waals surface area contributed by atoms with Crippen molar-refractivity contribution in [3.63, 3.8) is 0 Å². The molecule has 1 amide bonds.